The Bertz CT molecular complexity index is 1380. The largest absolute Gasteiger partial charge is 0.454 e. The van der Waals surface area contributed by atoms with E-state index in [0.717, 1.165) is 36.1 Å². The molecule has 0 atom stereocenters. The molecule has 0 bridgehead atoms. The molecule has 2 aromatic carbocycles. The van der Waals surface area contributed by atoms with E-state index in [9.17, 15) is 4.79 Å². The van der Waals surface area contributed by atoms with Crippen molar-refractivity contribution in [3.05, 3.63) is 75.8 Å². The van der Waals surface area contributed by atoms with Gasteiger partial charge in [-0.05, 0) is 54.8 Å². The minimum Gasteiger partial charge on any atom is -0.454 e. The van der Waals surface area contributed by atoms with Crippen LogP contribution in [0.5, 0.6) is 11.5 Å². The molecule has 0 aliphatic carbocycles. The van der Waals surface area contributed by atoms with Crippen molar-refractivity contribution in [2.45, 2.75) is 52.2 Å². The highest BCUT2D eigenvalue weighted by Gasteiger charge is 2.25. The molecule has 1 N–H and O–H groups in total. The van der Waals surface area contributed by atoms with E-state index >= 15 is 0 Å². The van der Waals surface area contributed by atoms with Crippen LogP contribution >= 0.6 is 0 Å². The average Bonchev–Trinajstić information content (AvgIpc) is 3.52. The first-order valence-electron chi connectivity index (χ1n) is 11.9. The molecule has 3 heterocycles. The fraction of sp³-hybridized carbons (Fsp3) is 0.385. The van der Waals surface area contributed by atoms with Gasteiger partial charge in [-0.25, -0.2) is 4.68 Å². The summed E-state index contributed by atoms with van der Waals surface area (Å²) >= 11 is 0. The van der Waals surface area contributed by atoms with Crippen molar-refractivity contribution in [1.29, 1.82) is 0 Å². The van der Waals surface area contributed by atoms with Crippen LogP contribution in [0.4, 0.5) is 0 Å². The maximum Gasteiger partial charge on any atom is 0.252 e. The molecular formula is C26H30N6O3. The number of tetrazole rings is 1. The van der Waals surface area contributed by atoms with Crippen LogP contribution in [0.3, 0.4) is 0 Å². The van der Waals surface area contributed by atoms with Gasteiger partial charge in [0.1, 0.15) is 0 Å². The summed E-state index contributed by atoms with van der Waals surface area (Å²) in [5.41, 5.74) is 2.33. The SMILES string of the molecule is CCC(C)(C)n1nnnc1CN(CCc1ccccc1)Cc1cc2cc3c(cc2[nH]c1=O)OCO3. The van der Waals surface area contributed by atoms with Crippen LogP contribution in [0.1, 0.15) is 44.1 Å². The summed E-state index contributed by atoms with van der Waals surface area (Å²) in [6.07, 6.45) is 1.75. The summed E-state index contributed by atoms with van der Waals surface area (Å²) in [5, 5.41) is 13.4. The predicted octanol–water partition coefficient (Wildman–Crippen LogP) is 3.63. The third-order valence-electron chi connectivity index (χ3n) is 6.71. The van der Waals surface area contributed by atoms with Crippen LogP contribution in [0.15, 0.2) is 53.3 Å². The standard InChI is InChI=1S/C26H30N6O3/c1-4-26(2,3)32-24(28-29-30-32)16-31(11-10-18-8-6-5-7-9-18)15-20-12-19-13-22-23(35-17-34-22)14-21(19)27-25(20)33/h5-9,12-14H,4,10-11,15-17H2,1-3H3,(H,27,33). The summed E-state index contributed by atoms with van der Waals surface area (Å²) in [5.74, 6) is 2.12. The number of H-pyrrole nitrogens is 1. The quantitative estimate of drug-likeness (QED) is 0.395. The number of hydrogen-bond donors (Lipinski definition) is 1. The van der Waals surface area contributed by atoms with E-state index in [1.165, 1.54) is 5.56 Å². The monoisotopic (exact) mass is 474 g/mol. The van der Waals surface area contributed by atoms with Crippen molar-refractivity contribution in [1.82, 2.24) is 30.1 Å². The lowest BCUT2D eigenvalue weighted by Gasteiger charge is -2.27. The third-order valence-corrected chi connectivity index (χ3v) is 6.71. The zero-order valence-electron chi connectivity index (χ0n) is 20.3. The van der Waals surface area contributed by atoms with E-state index in [2.05, 4.69) is 58.3 Å². The molecule has 0 saturated heterocycles. The number of pyridine rings is 1. The number of ether oxygens (including phenoxy) is 2. The first kappa shape index (κ1) is 23.0. The smallest absolute Gasteiger partial charge is 0.252 e. The fourth-order valence-electron chi connectivity index (χ4n) is 4.27. The summed E-state index contributed by atoms with van der Waals surface area (Å²) in [4.78, 5) is 18.3. The minimum absolute atomic E-state index is 0.116. The topological polar surface area (TPSA) is 98.2 Å². The maximum atomic E-state index is 13.0. The van der Waals surface area contributed by atoms with Gasteiger partial charge in [-0.15, -0.1) is 5.10 Å². The summed E-state index contributed by atoms with van der Waals surface area (Å²) in [7, 11) is 0. The number of nitrogens with zero attached hydrogens (tertiary/aromatic N) is 5. The second kappa shape index (κ2) is 9.50. The van der Waals surface area contributed by atoms with Gasteiger partial charge in [0.15, 0.2) is 17.3 Å². The Morgan fingerprint density at radius 1 is 1.09 bits per heavy atom. The summed E-state index contributed by atoms with van der Waals surface area (Å²) in [6, 6.07) is 16.0. The molecule has 0 radical (unpaired) electrons. The second-order valence-corrected chi connectivity index (χ2v) is 9.54. The molecule has 2 aromatic heterocycles. The zero-order valence-corrected chi connectivity index (χ0v) is 20.3. The Labute approximate surface area is 203 Å². The molecule has 35 heavy (non-hydrogen) atoms. The number of hydrogen-bond acceptors (Lipinski definition) is 7. The molecule has 1 aliphatic rings. The maximum absolute atomic E-state index is 13.0. The number of aromatic amines is 1. The highest BCUT2D eigenvalue weighted by Crippen LogP contribution is 2.35. The van der Waals surface area contributed by atoms with Crippen LogP contribution in [-0.2, 0) is 25.0 Å². The van der Waals surface area contributed by atoms with E-state index in [0.29, 0.717) is 30.2 Å². The van der Waals surface area contributed by atoms with Crippen LogP contribution in [-0.4, -0.2) is 43.4 Å². The van der Waals surface area contributed by atoms with E-state index in [-0.39, 0.29) is 17.9 Å². The van der Waals surface area contributed by atoms with Crippen LogP contribution in [0, 0.1) is 0 Å². The lowest BCUT2D eigenvalue weighted by molar-refractivity contribution is 0.174. The van der Waals surface area contributed by atoms with Crippen LogP contribution in [0.2, 0.25) is 0 Å². The molecule has 182 valence electrons. The molecule has 9 heteroatoms. The zero-order chi connectivity index (χ0) is 24.4. The highest BCUT2D eigenvalue weighted by atomic mass is 16.7. The molecule has 1 aliphatic heterocycles. The number of nitrogens with one attached hydrogen (secondary N) is 1. The first-order valence-corrected chi connectivity index (χ1v) is 11.9. The van der Waals surface area contributed by atoms with Gasteiger partial charge in [-0.3, -0.25) is 9.69 Å². The van der Waals surface area contributed by atoms with Crippen molar-refractivity contribution in [3.8, 4) is 11.5 Å². The number of rotatable bonds is 9. The number of fused-ring (bicyclic) bond motifs is 2. The van der Waals surface area contributed by atoms with E-state index in [4.69, 9.17) is 9.47 Å². The minimum atomic E-state index is -0.202. The van der Waals surface area contributed by atoms with Crippen molar-refractivity contribution in [2.75, 3.05) is 13.3 Å². The van der Waals surface area contributed by atoms with Crippen molar-refractivity contribution in [3.63, 3.8) is 0 Å². The molecule has 9 nitrogen and oxygen atoms in total. The van der Waals surface area contributed by atoms with Gasteiger partial charge in [0, 0.05) is 30.1 Å². The van der Waals surface area contributed by atoms with Crippen LogP contribution < -0.4 is 15.0 Å². The van der Waals surface area contributed by atoms with Gasteiger partial charge in [0.2, 0.25) is 6.79 Å². The Morgan fingerprint density at radius 3 is 2.63 bits per heavy atom. The molecule has 0 spiro atoms. The van der Waals surface area contributed by atoms with Crippen LogP contribution in [0.25, 0.3) is 10.9 Å². The van der Waals surface area contributed by atoms with Gasteiger partial charge in [-0.1, -0.05) is 37.3 Å². The molecule has 0 saturated carbocycles. The molecule has 5 rings (SSSR count). The first-order chi connectivity index (χ1) is 16.9. The summed E-state index contributed by atoms with van der Waals surface area (Å²) < 4.78 is 12.9. The number of benzene rings is 2. The molecule has 4 aromatic rings. The van der Waals surface area contributed by atoms with Gasteiger partial charge in [0.25, 0.3) is 5.56 Å². The fourth-order valence-corrected chi connectivity index (χ4v) is 4.27. The molecule has 0 amide bonds. The average molecular weight is 475 g/mol. The number of aromatic nitrogens is 5. The molecular weight excluding hydrogens is 444 g/mol. The van der Waals surface area contributed by atoms with Gasteiger partial charge in [-0.2, -0.15) is 0 Å². The van der Waals surface area contributed by atoms with E-state index < -0.39 is 0 Å². The Morgan fingerprint density at radius 2 is 1.86 bits per heavy atom. The van der Waals surface area contributed by atoms with E-state index in [1.807, 2.05) is 41.1 Å². The van der Waals surface area contributed by atoms with E-state index in [1.54, 1.807) is 0 Å². The van der Waals surface area contributed by atoms with Crippen molar-refractivity contribution in [2.24, 2.45) is 0 Å². The van der Waals surface area contributed by atoms with Gasteiger partial charge >= 0.3 is 0 Å². The highest BCUT2D eigenvalue weighted by molar-refractivity contribution is 5.83. The summed E-state index contributed by atoms with van der Waals surface area (Å²) in [6.45, 7) is 8.31. The van der Waals surface area contributed by atoms with Gasteiger partial charge < -0.3 is 14.5 Å². The van der Waals surface area contributed by atoms with Gasteiger partial charge in [0.05, 0.1) is 17.6 Å². The van der Waals surface area contributed by atoms with Crippen molar-refractivity contribution >= 4 is 10.9 Å². The Balaban J connectivity index is 1.44. The normalized spacial score (nSPS) is 13.1. The predicted molar refractivity (Wildman–Crippen MR) is 132 cm³/mol. The third kappa shape index (κ3) is 4.90. The van der Waals surface area contributed by atoms with Crippen molar-refractivity contribution < 1.29 is 9.47 Å². The second-order valence-electron chi connectivity index (χ2n) is 9.54. The molecule has 0 unspecified atom stereocenters. The molecule has 0 fully saturated rings. The lowest BCUT2D eigenvalue weighted by Crippen LogP contribution is -2.33. The Kier molecular flexibility index (Phi) is 6.25. The Hall–Kier alpha value is -3.72. The lowest BCUT2D eigenvalue weighted by atomic mass is 10.0.